The van der Waals surface area contributed by atoms with E-state index in [0.717, 1.165) is 12.1 Å². The second kappa shape index (κ2) is 5.93. The number of nitrogens with one attached hydrogen (secondary N) is 1. The Labute approximate surface area is 137 Å². The van der Waals surface area contributed by atoms with Crippen LogP contribution in [-0.2, 0) is 10.0 Å². The molecule has 3 aromatic carbocycles. The van der Waals surface area contributed by atoms with Gasteiger partial charge in [-0.15, -0.1) is 0 Å². The van der Waals surface area contributed by atoms with Gasteiger partial charge in [-0.3, -0.25) is 4.72 Å². The highest BCUT2D eigenvalue weighted by molar-refractivity contribution is 7.92. The monoisotopic (exact) mass is 345 g/mol. The molecule has 0 saturated carbocycles. The summed E-state index contributed by atoms with van der Waals surface area (Å²) in [6.07, 6.45) is 0. The molecule has 0 aliphatic carbocycles. The number of carbonyl (C=O) groups is 1. The molecule has 0 aliphatic rings. The molecule has 0 spiro atoms. The SMILES string of the molecule is O=C(O)c1c(NS(=O)(=O)c2cccc(F)c2)ccc2ccccc12. The molecule has 7 heteroatoms. The van der Waals surface area contributed by atoms with Crippen molar-refractivity contribution in [2.75, 3.05) is 4.72 Å². The van der Waals surface area contributed by atoms with Crippen molar-refractivity contribution in [1.29, 1.82) is 0 Å². The first-order chi connectivity index (χ1) is 11.4. The van der Waals surface area contributed by atoms with Crippen molar-refractivity contribution in [1.82, 2.24) is 0 Å². The first-order valence-corrected chi connectivity index (χ1v) is 8.40. The fourth-order valence-corrected chi connectivity index (χ4v) is 3.53. The van der Waals surface area contributed by atoms with Crippen molar-refractivity contribution in [3.63, 3.8) is 0 Å². The maximum absolute atomic E-state index is 13.3. The third-order valence-electron chi connectivity index (χ3n) is 3.49. The number of anilines is 1. The summed E-state index contributed by atoms with van der Waals surface area (Å²) in [7, 11) is -4.11. The highest BCUT2D eigenvalue weighted by Crippen LogP contribution is 2.28. The molecule has 0 fully saturated rings. The van der Waals surface area contributed by atoms with E-state index in [1.807, 2.05) is 0 Å². The lowest BCUT2D eigenvalue weighted by atomic mass is 10.0. The zero-order valence-corrected chi connectivity index (χ0v) is 13.0. The van der Waals surface area contributed by atoms with Crippen LogP contribution in [0.25, 0.3) is 10.8 Å². The van der Waals surface area contributed by atoms with Gasteiger partial charge in [0.2, 0.25) is 0 Å². The Kier molecular flexibility index (Phi) is 3.94. The molecule has 0 heterocycles. The molecule has 3 rings (SSSR count). The summed E-state index contributed by atoms with van der Waals surface area (Å²) >= 11 is 0. The summed E-state index contributed by atoms with van der Waals surface area (Å²) in [5.74, 6) is -1.96. The molecule has 0 aromatic heterocycles. The molecule has 0 atom stereocenters. The number of benzene rings is 3. The zero-order chi connectivity index (χ0) is 17.3. The molecule has 0 radical (unpaired) electrons. The second-order valence-electron chi connectivity index (χ2n) is 5.08. The van der Waals surface area contributed by atoms with Gasteiger partial charge in [0.25, 0.3) is 10.0 Å². The van der Waals surface area contributed by atoms with Crippen LogP contribution in [0.15, 0.2) is 65.6 Å². The van der Waals surface area contributed by atoms with E-state index in [-0.39, 0.29) is 16.1 Å². The Morgan fingerprint density at radius 2 is 1.75 bits per heavy atom. The minimum absolute atomic E-state index is 0.0783. The predicted octanol–water partition coefficient (Wildman–Crippen LogP) is 3.48. The summed E-state index contributed by atoms with van der Waals surface area (Å²) in [4.78, 5) is 11.3. The van der Waals surface area contributed by atoms with Gasteiger partial charge in [0.05, 0.1) is 16.1 Å². The lowest BCUT2D eigenvalue weighted by molar-refractivity contribution is 0.0700. The van der Waals surface area contributed by atoms with Crippen LogP contribution >= 0.6 is 0 Å². The maximum Gasteiger partial charge on any atom is 0.338 e. The highest BCUT2D eigenvalue weighted by Gasteiger charge is 2.20. The molecule has 0 amide bonds. The number of hydrogen-bond donors (Lipinski definition) is 2. The molecule has 0 unspecified atom stereocenters. The Balaban J connectivity index is 2.13. The Bertz CT molecular complexity index is 1050. The first kappa shape index (κ1) is 15.9. The van der Waals surface area contributed by atoms with Gasteiger partial charge in [-0.2, -0.15) is 0 Å². The lowest BCUT2D eigenvalue weighted by Crippen LogP contribution is -2.16. The van der Waals surface area contributed by atoms with Gasteiger partial charge >= 0.3 is 5.97 Å². The number of halogens is 1. The van der Waals surface area contributed by atoms with Gasteiger partial charge in [0, 0.05) is 0 Å². The number of carboxylic acid groups (broad SMARTS) is 1. The summed E-state index contributed by atoms with van der Waals surface area (Å²) < 4.78 is 40.3. The average molecular weight is 345 g/mol. The van der Waals surface area contributed by atoms with Gasteiger partial charge < -0.3 is 5.11 Å². The molecule has 5 nitrogen and oxygen atoms in total. The number of carboxylic acids is 1. The fourth-order valence-electron chi connectivity index (χ4n) is 2.42. The van der Waals surface area contributed by atoms with Gasteiger partial charge in [0.1, 0.15) is 5.82 Å². The van der Waals surface area contributed by atoms with Crippen LogP contribution in [0.5, 0.6) is 0 Å². The van der Waals surface area contributed by atoms with E-state index in [4.69, 9.17) is 0 Å². The van der Waals surface area contributed by atoms with Crippen molar-refractivity contribution in [2.45, 2.75) is 4.90 Å². The highest BCUT2D eigenvalue weighted by atomic mass is 32.2. The van der Waals surface area contributed by atoms with Gasteiger partial charge in [-0.1, -0.05) is 36.4 Å². The summed E-state index contributed by atoms with van der Waals surface area (Å²) in [6.45, 7) is 0. The number of hydrogen-bond acceptors (Lipinski definition) is 3. The predicted molar refractivity (Wildman–Crippen MR) is 88.1 cm³/mol. The maximum atomic E-state index is 13.3. The van der Waals surface area contributed by atoms with E-state index < -0.39 is 21.8 Å². The lowest BCUT2D eigenvalue weighted by Gasteiger charge is -2.13. The van der Waals surface area contributed by atoms with Crippen molar-refractivity contribution in [3.8, 4) is 0 Å². The quantitative estimate of drug-likeness (QED) is 0.758. The third kappa shape index (κ3) is 2.93. The van der Waals surface area contributed by atoms with Crippen LogP contribution < -0.4 is 4.72 Å². The van der Waals surface area contributed by atoms with Gasteiger partial charge in [-0.05, 0) is 35.0 Å². The molecule has 2 N–H and O–H groups in total. The minimum atomic E-state index is -4.11. The zero-order valence-electron chi connectivity index (χ0n) is 12.2. The smallest absolute Gasteiger partial charge is 0.338 e. The Hall–Kier alpha value is -2.93. The second-order valence-corrected chi connectivity index (χ2v) is 6.76. The number of rotatable bonds is 4. The number of fused-ring (bicyclic) bond motifs is 1. The molecule has 0 aliphatic heterocycles. The van der Waals surface area contributed by atoms with E-state index in [1.165, 1.54) is 18.2 Å². The summed E-state index contributed by atoms with van der Waals surface area (Å²) in [6, 6.07) is 14.2. The van der Waals surface area contributed by atoms with Crippen LogP contribution in [0.2, 0.25) is 0 Å². The van der Waals surface area contributed by atoms with Crippen LogP contribution in [0.1, 0.15) is 10.4 Å². The van der Waals surface area contributed by atoms with Crippen molar-refractivity contribution in [3.05, 3.63) is 72.0 Å². The fraction of sp³-hybridized carbons (Fsp3) is 0. The van der Waals surface area contributed by atoms with Crippen LogP contribution in [0.4, 0.5) is 10.1 Å². The van der Waals surface area contributed by atoms with Crippen LogP contribution in [0, 0.1) is 5.82 Å². The molecular weight excluding hydrogens is 333 g/mol. The average Bonchev–Trinajstić information content (AvgIpc) is 2.54. The van der Waals surface area contributed by atoms with E-state index in [1.54, 1.807) is 30.3 Å². The minimum Gasteiger partial charge on any atom is -0.478 e. The van der Waals surface area contributed by atoms with Crippen molar-refractivity contribution < 1.29 is 22.7 Å². The van der Waals surface area contributed by atoms with E-state index in [0.29, 0.717) is 10.8 Å². The van der Waals surface area contributed by atoms with Crippen molar-refractivity contribution >= 4 is 32.5 Å². The van der Waals surface area contributed by atoms with Gasteiger partial charge in [-0.25, -0.2) is 17.6 Å². The normalized spacial score (nSPS) is 11.4. The van der Waals surface area contributed by atoms with Crippen LogP contribution in [-0.4, -0.2) is 19.5 Å². The Morgan fingerprint density at radius 1 is 1.00 bits per heavy atom. The number of sulfonamides is 1. The largest absolute Gasteiger partial charge is 0.478 e. The van der Waals surface area contributed by atoms with Crippen molar-refractivity contribution in [2.24, 2.45) is 0 Å². The summed E-state index contributed by atoms with van der Waals surface area (Å²) in [5, 5.41) is 10.6. The molecule has 0 bridgehead atoms. The first-order valence-electron chi connectivity index (χ1n) is 6.92. The van der Waals surface area contributed by atoms with E-state index in [9.17, 15) is 22.7 Å². The van der Waals surface area contributed by atoms with Gasteiger partial charge in [0.15, 0.2) is 0 Å². The molecule has 24 heavy (non-hydrogen) atoms. The molecular formula is C17H12FNO4S. The summed E-state index contributed by atoms with van der Waals surface area (Å²) in [5.41, 5.74) is -0.237. The molecule has 3 aromatic rings. The molecule has 122 valence electrons. The topological polar surface area (TPSA) is 83.5 Å². The standard InChI is InChI=1S/C17H12FNO4S/c18-12-5-3-6-13(10-12)24(22,23)19-15-9-8-11-4-1-2-7-14(11)16(15)17(20)21/h1-10,19H,(H,20,21). The Morgan fingerprint density at radius 3 is 2.46 bits per heavy atom. The van der Waals surface area contributed by atoms with E-state index in [2.05, 4.69) is 4.72 Å². The number of aromatic carboxylic acids is 1. The van der Waals surface area contributed by atoms with E-state index >= 15 is 0 Å². The van der Waals surface area contributed by atoms with Crippen LogP contribution in [0.3, 0.4) is 0 Å². The third-order valence-corrected chi connectivity index (χ3v) is 4.86. The molecule has 0 saturated heterocycles.